The highest BCUT2D eigenvalue weighted by Gasteiger charge is 2.44. The molecule has 4 atom stereocenters. The highest BCUT2D eigenvalue weighted by Crippen LogP contribution is 2.34. The lowest BCUT2D eigenvalue weighted by Crippen LogP contribution is -2.62. The van der Waals surface area contributed by atoms with Crippen molar-refractivity contribution in [3.8, 4) is 5.75 Å². The molecule has 3 saturated heterocycles. The molecule has 10 heteroatoms. The van der Waals surface area contributed by atoms with Gasteiger partial charge in [-0.05, 0) is 97.0 Å². The van der Waals surface area contributed by atoms with Crippen molar-refractivity contribution in [1.82, 2.24) is 24.9 Å². The highest BCUT2D eigenvalue weighted by atomic mass is 16.3. The number of hydrogen-bond donors (Lipinski definition) is 2. The summed E-state index contributed by atoms with van der Waals surface area (Å²) in [6.45, 7) is 7.73. The van der Waals surface area contributed by atoms with E-state index < -0.39 is 23.6 Å². The first-order valence-corrected chi connectivity index (χ1v) is 19.9. The third kappa shape index (κ3) is 8.22. The zero-order valence-electron chi connectivity index (χ0n) is 31.3. The number of benzene rings is 3. The maximum atomic E-state index is 14.4. The van der Waals surface area contributed by atoms with Gasteiger partial charge in [-0.1, -0.05) is 81.6 Å². The average molecular weight is 722 g/mol. The fourth-order valence-corrected chi connectivity index (χ4v) is 9.35. The van der Waals surface area contributed by atoms with E-state index in [-0.39, 0.29) is 35.8 Å². The second-order valence-corrected chi connectivity index (χ2v) is 16.2. The van der Waals surface area contributed by atoms with Gasteiger partial charge in [-0.2, -0.15) is 0 Å². The summed E-state index contributed by atoms with van der Waals surface area (Å²) in [4.78, 5) is 62.1. The van der Waals surface area contributed by atoms with Crippen LogP contribution in [0.5, 0.6) is 5.75 Å². The molecular weight excluding hydrogens is 667 g/mol. The average Bonchev–Trinajstić information content (AvgIpc) is 3.61. The number of likely N-dealkylation sites (tertiary alicyclic amines) is 1. The van der Waals surface area contributed by atoms with E-state index in [1.165, 1.54) is 6.42 Å². The molecule has 0 radical (unpaired) electrons. The molecule has 10 nitrogen and oxygen atoms in total. The predicted molar refractivity (Wildman–Crippen MR) is 205 cm³/mol. The summed E-state index contributed by atoms with van der Waals surface area (Å²) in [6, 6.07) is 21.3. The Balaban J connectivity index is 1.17. The second kappa shape index (κ2) is 16.3. The summed E-state index contributed by atoms with van der Waals surface area (Å²) in [6.07, 6.45) is 8.86. The lowest BCUT2D eigenvalue weighted by molar-refractivity contribution is -0.162. The highest BCUT2D eigenvalue weighted by molar-refractivity contribution is 6.36. The molecule has 0 unspecified atom stereocenters. The van der Waals surface area contributed by atoms with Gasteiger partial charge in [0.2, 0.25) is 0 Å². The van der Waals surface area contributed by atoms with E-state index in [0.717, 1.165) is 67.0 Å². The summed E-state index contributed by atoms with van der Waals surface area (Å²) in [5.41, 5.74) is 2.03. The SMILES string of the molecule is CC(C)[C@H]1CNC(=O)C(=O)N1C[C@@H]1CCCN1CC[C@H](c1ccc2ccccc2c1)N1C[C@@H](Cc2ccc(O)cc2)N(CC2CCCCC2)C(=O)C1=O. The number of aromatic hydroxyl groups is 1. The Morgan fingerprint density at radius 3 is 2.28 bits per heavy atom. The molecule has 3 aliphatic heterocycles. The molecule has 53 heavy (non-hydrogen) atoms. The summed E-state index contributed by atoms with van der Waals surface area (Å²) in [5, 5.41) is 15.0. The number of piperazine rings is 2. The quantitative estimate of drug-likeness (QED) is 0.246. The maximum Gasteiger partial charge on any atom is 0.312 e. The van der Waals surface area contributed by atoms with Crippen LogP contribution in [0.3, 0.4) is 0 Å². The Morgan fingerprint density at radius 1 is 0.774 bits per heavy atom. The Kier molecular flexibility index (Phi) is 11.3. The van der Waals surface area contributed by atoms with Gasteiger partial charge in [0, 0.05) is 38.8 Å². The molecule has 3 heterocycles. The minimum absolute atomic E-state index is 0.0490. The fraction of sp³-hybridized carbons (Fsp3) is 0.535. The molecule has 0 aromatic heterocycles. The van der Waals surface area contributed by atoms with Gasteiger partial charge in [-0.3, -0.25) is 24.1 Å². The largest absolute Gasteiger partial charge is 0.508 e. The third-order valence-corrected chi connectivity index (χ3v) is 12.4. The molecule has 7 rings (SSSR count). The molecule has 4 amide bonds. The smallest absolute Gasteiger partial charge is 0.312 e. The monoisotopic (exact) mass is 721 g/mol. The van der Waals surface area contributed by atoms with Gasteiger partial charge in [0.05, 0.1) is 18.1 Å². The van der Waals surface area contributed by atoms with Crippen molar-refractivity contribution in [3.05, 3.63) is 77.9 Å². The minimum atomic E-state index is -0.532. The first-order valence-electron chi connectivity index (χ1n) is 19.9. The topological polar surface area (TPSA) is 114 Å². The molecule has 1 aliphatic carbocycles. The van der Waals surface area contributed by atoms with E-state index in [1.807, 2.05) is 34.1 Å². The van der Waals surface area contributed by atoms with E-state index in [1.54, 1.807) is 17.0 Å². The van der Waals surface area contributed by atoms with Crippen LogP contribution in [0.1, 0.15) is 82.4 Å². The predicted octanol–water partition coefficient (Wildman–Crippen LogP) is 5.29. The Labute approximate surface area is 313 Å². The molecule has 3 aromatic carbocycles. The summed E-state index contributed by atoms with van der Waals surface area (Å²) in [7, 11) is 0. The number of nitrogens with one attached hydrogen (secondary N) is 1. The van der Waals surface area contributed by atoms with Gasteiger partial charge in [0.25, 0.3) is 0 Å². The zero-order chi connectivity index (χ0) is 37.1. The maximum absolute atomic E-state index is 14.4. The molecule has 0 spiro atoms. The van der Waals surface area contributed by atoms with E-state index in [0.29, 0.717) is 51.5 Å². The number of carbonyl (C=O) groups is 4. The van der Waals surface area contributed by atoms with Crippen LogP contribution in [0.25, 0.3) is 10.8 Å². The summed E-state index contributed by atoms with van der Waals surface area (Å²) in [5.74, 6) is -1.04. The normalized spacial score (nSPS) is 24.1. The first-order chi connectivity index (χ1) is 25.7. The van der Waals surface area contributed by atoms with Crippen molar-refractivity contribution < 1.29 is 24.3 Å². The van der Waals surface area contributed by atoms with E-state index in [4.69, 9.17) is 0 Å². The molecule has 4 fully saturated rings. The fourth-order valence-electron chi connectivity index (χ4n) is 9.35. The van der Waals surface area contributed by atoms with Gasteiger partial charge < -0.3 is 25.1 Å². The van der Waals surface area contributed by atoms with Crippen molar-refractivity contribution in [2.75, 3.05) is 39.3 Å². The number of hydrogen-bond acceptors (Lipinski definition) is 6. The number of rotatable bonds is 12. The van der Waals surface area contributed by atoms with Crippen LogP contribution in [0.4, 0.5) is 0 Å². The number of amides is 4. The van der Waals surface area contributed by atoms with Crippen LogP contribution in [0.15, 0.2) is 66.7 Å². The van der Waals surface area contributed by atoms with Crippen molar-refractivity contribution in [2.24, 2.45) is 11.8 Å². The Bertz CT molecular complexity index is 1790. The van der Waals surface area contributed by atoms with E-state index in [2.05, 4.69) is 54.4 Å². The van der Waals surface area contributed by atoms with Crippen LogP contribution in [-0.4, -0.2) is 106 Å². The standard InChI is InChI=1S/C43H55N5O5/c1-29(2)39-25-44-40(50)41(51)48(39)27-35-13-8-21-45(35)22-20-38(34-17-16-32-11-6-7-12-33(32)24-34)47-28-36(23-30-14-18-37(49)19-15-30)46(42(52)43(47)53)26-31-9-4-3-5-10-31/h6-7,11-12,14-19,24,29,31,35-36,38-39,49H,3-5,8-10,13,20-23,25-28H2,1-2H3,(H,44,50)/t35-,36+,38+,39+/m0/s1. The number of phenols is 1. The number of carbonyl (C=O) groups excluding carboxylic acids is 4. The lowest BCUT2D eigenvalue weighted by atomic mass is 9.87. The van der Waals surface area contributed by atoms with Crippen molar-refractivity contribution in [1.29, 1.82) is 0 Å². The second-order valence-electron chi connectivity index (χ2n) is 16.2. The van der Waals surface area contributed by atoms with Gasteiger partial charge in [0.1, 0.15) is 5.75 Å². The van der Waals surface area contributed by atoms with Crippen LogP contribution < -0.4 is 5.32 Å². The Hall–Kier alpha value is -4.44. The van der Waals surface area contributed by atoms with Gasteiger partial charge in [-0.25, -0.2) is 0 Å². The van der Waals surface area contributed by atoms with E-state index in [9.17, 15) is 24.3 Å². The van der Waals surface area contributed by atoms with Crippen molar-refractivity contribution in [2.45, 2.75) is 95.8 Å². The molecule has 0 bridgehead atoms. The van der Waals surface area contributed by atoms with Crippen LogP contribution in [0.2, 0.25) is 0 Å². The van der Waals surface area contributed by atoms with Crippen molar-refractivity contribution >= 4 is 34.4 Å². The number of fused-ring (bicyclic) bond motifs is 1. The molecule has 3 aromatic rings. The number of nitrogens with zero attached hydrogens (tertiary/aromatic N) is 4. The first kappa shape index (κ1) is 36.9. The third-order valence-electron chi connectivity index (χ3n) is 12.4. The molecule has 282 valence electrons. The molecule has 2 N–H and O–H groups in total. The lowest BCUT2D eigenvalue weighted by Gasteiger charge is -2.45. The van der Waals surface area contributed by atoms with Gasteiger partial charge in [-0.15, -0.1) is 0 Å². The van der Waals surface area contributed by atoms with Crippen LogP contribution >= 0.6 is 0 Å². The van der Waals surface area contributed by atoms with E-state index >= 15 is 0 Å². The summed E-state index contributed by atoms with van der Waals surface area (Å²) >= 11 is 0. The molecular formula is C43H55N5O5. The molecule has 1 saturated carbocycles. The number of phenolic OH excluding ortho intramolecular Hbond substituents is 1. The van der Waals surface area contributed by atoms with Crippen LogP contribution in [-0.2, 0) is 25.6 Å². The van der Waals surface area contributed by atoms with Crippen molar-refractivity contribution in [3.63, 3.8) is 0 Å². The Morgan fingerprint density at radius 2 is 1.53 bits per heavy atom. The van der Waals surface area contributed by atoms with Gasteiger partial charge in [0.15, 0.2) is 0 Å². The van der Waals surface area contributed by atoms with Crippen LogP contribution in [0, 0.1) is 11.8 Å². The molecule has 4 aliphatic rings. The van der Waals surface area contributed by atoms with Gasteiger partial charge >= 0.3 is 23.6 Å². The summed E-state index contributed by atoms with van der Waals surface area (Å²) < 4.78 is 0. The minimum Gasteiger partial charge on any atom is -0.508 e. The zero-order valence-corrected chi connectivity index (χ0v) is 31.3.